The van der Waals surface area contributed by atoms with Crippen LogP contribution in [0.2, 0.25) is 0 Å². The van der Waals surface area contributed by atoms with Crippen LogP contribution < -0.4 is 5.32 Å². The predicted molar refractivity (Wildman–Crippen MR) is 71.4 cm³/mol. The maximum atomic E-state index is 12.7. The van der Waals surface area contributed by atoms with E-state index in [1.807, 2.05) is 0 Å². The summed E-state index contributed by atoms with van der Waals surface area (Å²) in [5.41, 5.74) is 0.567. The van der Waals surface area contributed by atoms with E-state index < -0.39 is 6.10 Å². The minimum atomic E-state index is -0.844. The van der Waals surface area contributed by atoms with Crippen molar-refractivity contribution < 1.29 is 18.7 Å². The molecule has 1 atom stereocenters. The molecule has 4 nitrogen and oxygen atoms in total. The zero-order chi connectivity index (χ0) is 14.4. The summed E-state index contributed by atoms with van der Waals surface area (Å²) in [6, 6.07) is 9.12. The van der Waals surface area contributed by atoms with Crippen molar-refractivity contribution in [2.75, 3.05) is 6.54 Å². The van der Waals surface area contributed by atoms with Crippen LogP contribution in [0.1, 0.15) is 23.8 Å². The van der Waals surface area contributed by atoms with E-state index in [1.165, 1.54) is 24.3 Å². The summed E-state index contributed by atoms with van der Waals surface area (Å²) >= 11 is 0. The molecule has 106 valence electrons. The summed E-state index contributed by atoms with van der Waals surface area (Å²) in [5.74, 6) is 0.227. The fraction of sp³-hybridized carbons (Fsp3) is 0.267. The number of nitrogens with one attached hydrogen (secondary N) is 1. The normalized spacial score (nSPS) is 12.1. The van der Waals surface area contributed by atoms with Gasteiger partial charge in [0.25, 0.3) is 0 Å². The fourth-order valence-electron chi connectivity index (χ4n) is 1.79. The largest absolute Gasteiger partial charge is 0.469 e. The molecule has 2 aromatic rings. The van der Waals surface area contributed by atoms with Crippen molar-refractivity contribution in [3.63, 3.8) is 0 Å². The van der Waals surface area contributed by atoms with Crippen molar-refractivity contribution in [2.45, 2.75) is 18.9 Å². The molecule has 2 N–H and O–H groups in total. The highest BCUT2D eigenvalue weighted by atomic mass is 19.1. The number of carbonyl (C=O) groups excluding carboxylic acids is 1. The predicted octanol–water partition coefficient (Wildman–Crippen LogP) is 2.20. The van der Waals surface area contributed by atoms with Gasteiger partial charge in [0.2, 0.25) is 5.91 Å². The van der Waals surface area contributed by atoms with Crippen molar-refractivity contribution in [1.29, 1.82) is 0 Å². The van der Waals surface area contributed by atoms with Gasteiger partial charge in [0.15, 0.2) is 0 Å². The Bertz CT molecular complexity index is 537. The van der Waals surface area contributed by atoms with Gasteiger partial charge in [-0.1, -0.05) is 12.1 Å². The van der Waals surface area contributed by atoms with E-state index in [2.05, 4.69) is 5.32 Å². The molecule has 1 aromatic carbocycles. The van der Waals surface area contributed by atoms with Crippen LogP contribution >= 0.6 is 0 Å². The molecule has 0 radical (unpaired) electrons. The van der Waals surface area contributed by atoms with Crippen LogP contribution in [0.15, 0.2) is 47.1 Å². The van der Waals surface area contributed by atoms with E-state index in [0.717, 1.165) is 5.76 Å². The molecule has 1 aromatic heterocycles. The van der Waals surface area contributed by atoms with E-state index in [0.29, 0.717) is 18.4 Å². The average Bonchev–Trinajstić information content (AvgIpc) is 2.96. The molecular formula is C15H16FNO3. The zero-order valence-corrected chi connectivity index (χ0v) is 10.9. The van der Waals surface area contributed by atoms with Crippen LogP contribution in [0.4, 0.5) is 4.39 Å². The third kappa shape index (κ3) is 4.20. The van der Waals surface area contributed by atoms with E-state index in [4.69, 9.17) is 4.42 Å². The second-order valence-corrected chi connectivity index (χ2v) is 4.45. The number of carbonyl (C=O) groups is 1. The van der Waals surface area contributed by atoms with Crippen LogP contribution in [-0.2, 0) is 11.2 Å². The molecule has 0 aliphatic heterocycles. The third-order valence-electron chi connectivity index (χ3n) is 2.93. The van der Waals surface area contributed by atoms with Crippen molar-refractivity contribution in [3.8, 4) is 0 Å². The van der Waals surface area contributed by atoms with Gasteiger partial charge >= 0.3 is 0 Å². The van der Waals surface area contributed by atoms with Crippen molar-refractivity contribution in [3.05, 3.63) is 59.8 Å². The highest BCUT2D eigenvalue weighted by molar-refractivity contribution is 5.76. The Morgan fingerprint density at radius 1 is 1.30 bits per heavy atom. The Morgan fingerprint density at radius 3 is 2.70 bits per heavy atom. The Hall–Kier alpha value is -2.14. The van der Waals surface area contributed by atoms with E-state index in [-0.39, 0.29) is 18.3 Å². The van der Waals surface area contributed by atoms with Crippen LogP contribution in [0.3, 0.4) is 0 Å². The lowest BCUT2D eigenvalue weighted by Crippen LogP contribution is -2.28. The van der Waals surface area contributed by atoms with Crippen LogP contribution in [0.5, 0.6) is 0 Å². The molecule has 0 aliphatic carbocycles. The van der Waals surface area contributed by atoms with Gasteiger partial charge in [-0.2, -0.15) is 0 Å². The number of aliphatic hydroxyl groups is 1. The molecule has 20 heavy (non-hydrogen) atoms. The van der Waals surface area contributed by atoms with Gasteiger partial charge in [-0.3, -0.25) is 4.79 Å². The molecule has 0 spiro atoms. The first-order chi connectivity index (χ1) is 9.65. The number of amides is 1. The number of hydrogen-bond donors (Lipinski definition) is 2. The van der Waals surface area contributed by atoms with E-state index in [1.54, 1.807) is 18.4 Å². The third-order valence-corrected chi connectivity index (χ3v) is 2.93. The summed E-state index contributed by atoms with van der Waals surface area (Å²) in [4.78, 5) is 11.6. The summed E-state index contributed by atoms with van der Waals surface area (Å²) in [6.07, 6.45) is 1.53. The molecule has 1 unspecified atom stereocenters. The summed E-state index contributed by atoms with van der Waals surface area (Å²) in [6.45, 7) is 0.0998. The summed E-state index contributed by atoms with van der Waals surface area (Å²) in [5, 5.41) is 12.5. The molecule has 1 heterocycles. The topological polar surface area (TPSA) is 62.5 Å². The molecular weight excluding hydrogens is 261 g/mol. The van der Waals surface area contributed by atoms with Crippen LogP contribution in [-0.4, -0.2) is 17.6 Å². The number of hydrogen-bond acceptors (Lipinski definition) is 3. The SMILES string of the molecule is O=C(CCc1ccco1)NCC(O)c1ccc(F)cc1. The van der Waals surface area contributed by atoms with Crippen molar-refractivity contribution in [2.24, 2.45) is 0 Å². The van der Waals surface area contributed by atoms with Gasteiger partial charge in [0.05, 0.1) is 12.4 Å². The molecule has 0 saturated heterocycles. The van der Waals surface area contributed by atoms with Crippen molar-refractivity contribution in [1.82, 2.24) is 5.32 Å². The van der Waals surface area contributed by atoms with E-state index in [9.17, 15) is 14.3 Å². The lowest BCUT2D eigenvalue weighted by molar-refractivity contribution is -0.121. The fourth-order valence-corrected chi connectivity index (χ4v) is 1.79. The molecule has 0 bridgehead atoms. The minimum Gasteiger partial charge on any atom is -0.469 e. The smallest absolute Gasteiger partial charge is 0.220 e. The zero-order valence-electron chi connectivity index (χ0n) is 10.9. The average molecular weight is 277 g/mol. The quantitative estimate of drug-likeness (QED) is 0.851. The lowest BCUT2D eigenvalue weighted by atomic mass is 10.1. The lowest BCUT2D eigenvalue weighted by Gasteiger charge is -2.12. The highest BCUT2D eigenvalue weighted by Gasteiger charge is 2.10. The minimum absolute atomic E-state index is 0.0998. The first-order valence-electron chi connectivity index (χ1n) is 6.38. The number of aryl methyl sites for hydroxylation is 1. The Kier molecular flexibility index (Phi) is 4.90. The van der Waals surface area contributed by atoms with Gasteiger partial charge in [0.1, 0.15) is 11.6 Å². The molecule has 0 aliphatic rings. The monoisotopic (exact) mass is 277 g/mol. The van der Waals surface area contributed by atoms with Gasteiger partial charge in [-0.15, -0.1) is 0 Å². The molecule has 0 fully saturated rings. The maximum Gasteiger partial charge on any atom is 0.220 e. The second-order valence-electron chi connectivity index (χ2n) is 4.45. The summed E-state index contributed by atoms with van der Waals surface area (Å²) in [7, 11) is 0. The summed E-state index contributed by atoms with van der Waals surface area (Å²) < 4.78 is 17.9. The maximum absolute atomic E-state index is 12.7. The first kappa shape index (κ1) is 14.3. The highest BCUT2D eigenvalue weighted by Crippen LogP contribution is 2.12. The van der Waals surface area contributed by atoms with Gasteiger partial charge < -0.3 is 14.8 Å². The first-order valence-corrected chi connectivity index (χ1v) is 6.38. The van der Waals surface area contributed by atoms with Crippen LogP contribution in [0, 0.1) is 5.82 Å². The Morgan fingerprint density at radius 2 is 2.05 bits per heavy atom. The van der Waals surface area contributed by atoms with Gasteiger partial charge in [-0.05, 0) is 29.8 Å². The molecule has 2 rings (SSSR count). The number of aliphatic hydroxyl groups excluding tert-OH is 1. The second kappa shape index (κ2) is 6.86. The standard InChI is InChI=1S/C15H16FNO3/c16-12-5-3-11(4-6-12)14(18)10-17-15(19)8-7-13-2-1-9-20-13/h1-6,9,14,18H,7-8,10H2,(H,17,19). The van der Waals surface area contributed by atoms with Gasteiger partial charge in [0, 0.05) is 19.4 Å². The number of benzene rings is 1. The Balaban J connectivity index is 1.73. The van der Waals surface area contributed by atoms with Gasteiger partial charge in [-0.25, -0.2) is 4.39 Å². The molecule has 0 saturated carbocycles. The number of halogens is 1. The number of rotatable bonds is 6. The molecule has 5 heteroatoms. The Labute approximate surface area is 116 Å². The molecule has 1 amide bonds. The van der Waals surface area contributed by atoms with Crippen LogP contribution in [0.25, 0.3) is 0 Å². The number of furan rings is 1. The van der Waals surface area contributed by atoms with E-state index >= 15 is 0 Å². The van der Waals surface area contributed by atoms with Crippen molar-refractivity contribution >= 4 is 5.91 Å².